The van der Waals surface area contributed by atoms with Crippen LogP contribution in [0.4, 0.5) is 8.78 Å². The Morgan fingerprint density at radius 2 is 2.10 bits per heavy atom. The second-order valence-corrected chi connectivity index (χ2v) is 7.98. The van der Waals surface area contributed by atoms with Gasteiger partial charge in [0.15, 0.2) is 5.78 Å². The van der Waals surface area contributed by atoms with Gasteiger partial charge in [0, 0.05) is 32.0 Å². The van der Waals surface area contributed by atoms with Crippen molar-refractivity contribution >= 4 is 17.6 Å². The Labute approximate surface area is 172 Å². The minimum absolute atomic E-state index is 0.0145. The fraction of sp³-hybridized carbons (Fsp3) is 0.737. The topological polar surface area (TPSA) is 131 Å². The maximum Gasteiger partial charge on any atom is 0.243 e. The van der Waals surface area contributed by atoms with Gasteiger partial charge in [0.2, 0.25) is 11.8 Å². The molecule has 2 amide bonds. The summed E-state index contributed by atoms with van der Waals surface area (Å²) in [5.74, 6) is -4.79. The van der Waals surface area contributed by atoms with E-state index in [1.807, 2.05) is 0 Å². The van der Waals surface area contributed by atoms with E-state index < -0.39 is 65.7 Å². The molecular formula is C19H28F2N4O5. The van der Waals surface area contributed by atoms with E-state index in [1.54, 1.807) is 6.92 Å². The molecule has 2 bridgehead atoms. The molecule has 0 saturated carbocycles. The minimum atomic E-state index is -1.76. The molecule has 168 valence electrons. The number of nitrogens with zero attached hydrogens (tertiary/aromatic N) is 1. The molecular weight excluding hydrogens is 402 g/mol. The van der Waals surface area contributed by atoms with Crippen LogP contribution in [0.2, 0.25) is 0 Å². The zero-order chi connectivity index (χ0) is 22.0. The van der Waals surface area contributed by atoms with Crippen LogP contribution in [0.25, 0.3) is 0 Å². The van der Waals surface area contributed by atoms with Crippen LogP contribution in [0.15, 0.2) is 11.9 Å². The van der Waals surface area contributed by atoms with E-state index in [2.05, 4.69) is 16.0 Å². The molecule has 3 aliphatic rings. The van der Waals surface area contributed by atoms with Crippen LogP contribution in [-0.2, 0) is 14.4 Å². The van der Waals surface area contributed by atoms with Crippen molar-refractivity contribution in [2.24, 2.45) is 11.8 Å². The number of hydrogen-bond acceptors (Lipinski definition) is 7. The quantitative estimate of drug-likeness (QED) is 0.338. The minimum Gasteiger partial charge on any atom is -0.390 e. The van der Waals surface area contributed by atoms with Gasteiger partial charge >= 0.3 is 0 Å². The molecule has 2 heterocycles. The number of rotatable bonds is 4. The number of allylic oxidation sites excluding steroid dienone is 2. The van der Waals surface area contributed by atoms with Gasteiger partial charge < -0.3 is 20.4 Å². The number of likely N-dealkylation sites (N-methyl/N-ethyl adjacent to an activating group) is 1. The average Bonchev–Trinajstić information content (AvgIpc) is 2.75. The van der Waals surface area contributed by atoms with Crippen LogP contribution in [0, 0.1) is 11.8 Å². The van der Waals surface area contributed by atoms with Crippen molar-refractivity contribution in [1.29, 1.82) is 0 Å². The number of halogens is 2. The Hall–Kier alpha value is -1.95. The van der Waals surface area contributed by atoms with Gasteiger partial charge in [-0.05, 0) is 13.3 Å². The standard InChI is InChI=1S/C19H28F2N4O5/c1-2-25-8-22-7-12(26)14-13(16(27)17(28)15(24-14)19(25)30)18(29)23-6-9-3-4-10(20)5-11(9)21/h4,9,11-15,17,22,24,26,28H,2-3,5-8H2,1H3,(H,23,29). The Bertz CT molecular complexity index is 721. The maximum absolute atomic E-state index is 14.0. The summed E-state index contributed by atoms with van der Waals surface area (Å²) in [7, 11) is 0. The molecule has 11 heteroatoms. The van der Waals surface area contributed by atoms with Gasteiger partial charge in [-0.2, -0.15) is 0 Å². The molecule has 0 aromatic carbocycles. The highest BCUT2D eigenvalue weighted by atomic mass is 19.1. The van der Waals surface area contributed by atoms with Crippen molar-refractivity contribution in [3.05, 3.63) is 11.9 Å². The molecule has 2 aliphatic heterocycles. The Balaban J connectivity index is 1.75. The molecule has 0 radical (unpaired) electrons. The van der Waals surface area contributed by atoms with E-state index >= 15 is 0 Å². The number of nitrogens with one attached hydrogen (secondary N) is 3. The number of piperidine rings is 1. The van der Waals surface area contributed by atoms with Gasteiger partial charge in [-0.25, -0.2) is 8.78 Å². The van der Waals surface area contributed by atoms with Crippen LogP contribution in [0.1, 0.15) is 19.8 Å². The highest BCUT2D eigenvalue weighted by Gasteiger charge is 2.52. The first kappa shape index (κ1) is 22.7. The number of aliphatic hydroxyl groups is 2. The summed E-state index contributed by atoms with van der Waals surface area (Å²) in [5.41, 5.74) is 0. The Kier molecular flexibility index (Phi) is 7.17. The van der Waals surface area contributed by atoms with E-state index in [1.165, 1.54) is 11.0 Å². The number of aliphatic hydroxyl groups excluding tert-OH is 2. The molecule has 0 aromatic heterocycles. The Morgan fingerprint density at radius 3 is 2.77 bits per heavy atom. The van der Waals surface area contributed by atoms with Crippen molar-refractivity contribution in [1.82, 2.24) is 20.9 Å². The van der Waals surface area contributed by atoms with Gasteiger partial charge in [-0.1, -0.05) is 6.08 Å². The van der Waals surface area contributed by atoms with Crippen LogP contribution in [-0.4, -0.2) is 89.5 Å². The number of alkyl halides is 1. The van der Waals surface area contributed by atoms with E-state index in [0.29, 0.717) is 6.54 Å². The van der Waals surface area contributed by atoms with E-state index in [-0.39, 0.29) is 32.6 Å². The molecule has 2 saturated heterocycles. The van der Waals surface area contributed by atoms with Gasteiger partial charge in [0.25, 0.3) is 0 Å². The lowest BCUT2D eigenvalue weighted by molar-refractivity contribution is -0.154. The maximum atomic E-state index is 14.0. The lowest BCUT2D eigenvalue weighted by atomic mass is 9.80. The first-order valence-electron chi connectivity index (χ1n) is 10.2. The number of ketones is 1. The predicted octanol–water partition coefficient (Wildman–Crippen LogP) is -1.64. The highest BCUT2D eigenvalue weighted by Crippen LogP contribution is 2.27. The van der Waals surface area contributed by atoms with Crippen LogP contribution < -0.4 is 16.0 Å². The number of amides is 2. The Morgan fingerprint density at radius 1 is 1.37 bits per heavy atom. The normalized spacial score (nSPS) is 37.7. The highest BCUT2D eigenvalue weighted by molar-refractivity contribution is 6.07. The third-order valence-electron chi connectivity index (χ3n) is 6.04. The molecule has 2 fully saturated rings. The van der Waals surface area contributed by atoms with E-state index in [0.717, 1.165) is 0 Å². The van der Waals surface area contributed by atoms with Gasteiger partial charge in [0.1, 0.15) is 24.2 Å². The lowest BCUT2D eigenvalue weighted by Crippen LogP contribution is -2.69. The van der Waals surface area contributed by atoms with Crippen molar-refractivity contribution in [2.75, 3.05) is 26.3 Å². The summed E-state index contributed by atoms with van der Waals surface area (Å²) < 4.78 is 27.2. The summed E-state index contributed by atoms with van der Waals surface area (Å²) in [5, 5.41) is 29.1. The smallest absolute Gasteiger partial charge is 0.243 e. The third-order valence-corrected chi connectivity index (χ3v) is 6.04. The van der Waals surface area contributed by atoms with Crippen molar-refractivity contribution in [2.45, 2.75) is 50.2 Å². The number of Topliss-reactive ketones (excluding diaryl/α,β-unsaturated/α-hetero) is 1. The summed E-state index contributed by atoms with van der Waals surface area (Å²) in [6.07, 6.45) is -3.37. The van der Waals surface area contributed by atoms with Crippen LogP contribution in [0.3, 0.4) is 0 Å². The molecule has 0 spiro atoms. The third kappa shape index (κ3) is 4.53. The second-order valence-electron chi connectivity index (χ2n) is 7.98. The second kappa shape index (κ2) is 9.46. The summed E-state index contributed by atoms with van der Waals surface area (Å²) in [6, 6.07) is -2.38. The summed E-state index contributed by atoms with van der Waals surface area (Å²) >= 11 is 0. The van der Waals surface area contributed by atoms with Crippen molar-refractivity contribution in [3.63, 3.8) is 0 Å². The molecule has 9 nitrogen and oxygen atoms in total. The molecule has 30 heavy (non-hydrogen) atoms. The monoisotopic (exact) mass is 430 g/mol. The molecule has 7 atom stereocenters. The first-order valence-corrected chi connectivity index (χ1v) is 10.2. The van der Waals surface area contributed by atoms with Gasteiger partial charge in [0.05, 0.1) is 24.6 Å². The van der Waals surface area contributed by atoms with Gasteiger partial charge in [-0.15, -0.1) is 0 Å². The summed E-state index contributed by atoms with van der Waals surface area (Å²) in [6.45, 7) is 2.09. The number of carbonyl (C=O) groups is 3. The average molecular weight is 430 g/mol. The fourth-order valence-corrected chi connectivity index (χ4v) is 4.18. The SMILES string of the molecule is CCN1CNCC(O)C2NC(C1=O)C(O)C(=O)C2C(=O)NCC1CC=C(F)CC1F. The zero-order valence-electron chi connectivity index (χ0n) is 16.7. The zero-order valence-corrected chi connectivity index (χ0v) is 16.7. The molecule has 1 aliphatic carbocycles. The molecule has 7 unspecified atom stereocenters. The van der Waals surface area contributed by atoms with Crippen LogP contribution >= 0.6 is 0 Å². The first-order chi connectivity index (χ1) is 14.2. The van der Waals surface area contributed by atoms with Crippen molar-refractivity contribution < 1.29 is 33.4 Å². The predicted molar refractivity (Wildman–Crippen MR) is 101 cm³/mol. The number of β-amino-alcohol motifs (C(OH)–C–C–N with tert-alkyl or cyclic N) is 1. The number of fused-ring (bicyclic) bond motifs is 2. The molecule has 3 rings (SSSR count). The largest absolute Gasteiger partial charge is 0.390 e. The molecule has 0 aromatic rings. The van der Waals surface area contributed by atoms with E-state index in [9.17, 15) is 33.4 Å². The van der Waals surface area contributed by atoms with E-state index in [4.69, 9.17) is 0 Å². The number of hydrogen-bond donors (Lipinski definition) is 5. The van der Waals surface area contributed by atoms with Crippen molar-refractivity contribution in [3.8, 4) is 0 Å². The lowest BCUT2D eigenvalue weighted by Gasteiger charge is -2.40. The number of carbonyl (C=O) groups excluding carboxylic acids is 3. The van der Waals surface area contributed by atoms with Crippen LogP contribution in [0.5, 0.6) is 0 Å². The van der Waals surface area contributed by atoms with Gasteiger partial charge in [-0.3, -0.25) is 25.0 Å². The summed E-state index contributed by atoms with van der Waals surface area (Å²) in [4.78, 5) is 39.7. The molecule has 5 N–H and O–H groups in total. The fourth-order valence-electron chi connectivity index (χ4n) is 4.18.